The number of ether oxygens (including phenoxy) is 1. The molecule has 0 aliphatic carbocycles. The quantitative estimate of drug-likeness (QED) is 0.636. The summed E-state index contributed by atoms with van der Waals surface area (Å²) in [7, 11) is 3.28. The molecule has 0 spiro atoms. The fraction of sp³-hybridized carbons (Fsp3) is 0.273. The molecule has 0 amide bonds. The van der Waals surface area contributed by atoms with Crippen LogP contribution < -0.4 is 16.2 Å². The summed E-state index contributed by atoms with van der Waals surface area (Å²) in [4.78, 5) is 11.2. The Labute approximate surface area is 108 Å². The van der Waals surface area contributed by atoms with E-state index in [1.165, 1.54) is 16.3 Å². The SMILES string of the molecule is COc1cc(N)cc(CSc2n[nH]c(=O)n2C)c1. The van der Waals surface area contributed by atoms with Crippen LogP contribution in [0.15, 0.2) is 28.2 Å². The minimum absolute atomic E-state index is 0.220. The molecule has 0 atom stereocenters. The zero-order valence-corrected chi connectivity index (χ0v) is 11.0. The number of methoxy groups -OCH3 is 1. The van der Waals surface area contributed by atoms with Gasteiger partial charge in [0.25, 0.3) is 0 Å². The Balaban J connectivity index is 2.13. The number of aromatic nitrogens is 3. The predicted octanol–water partition coefficient (Wildman–Crippen LogP) is 0.991. The van der Waals surface area contributed by atoms with E-state index in [4.69, 9.17) is 10.5 Å². The number of nitrogens with zero attached hydrogens (tertiary/aromatic N) is 2. The lowest BCUT2D eigenvalue weighted by Crippen LogP contribution is -2.12. The van der Waals surface area contributed by atoms with Crippen molar-refractivity contribution in [1.29, 1.82) is 0 Å². The largest absolute Gasteiger partial charge is 0.497 e. The minimum Gasteiger partial charge on any atom is -0.497 e. The molecule has 0 unspecified atom stereocenters. The van der Waals surface area contributed by atoms with Gasteiger partial charge in [-0.05, 0) is 17.7 Å². The average molecular weight is 266 g/mol. The van der Waals surface area contributed by atoms with Crippen LogP contribution in [-0.2, 0) is 12.8 Å². The summed E-state index contributed by atoms with van der Waals surface area (Å²) in [6, 6.07) is 5.55. The molecule has 18 heavy (non-hydrogen) atoms. The average Bonchev–Trinajstić information content (AvgIpc) is 2.67. The summed E-state index contributed by atoms with van der Waals surface area (Å²) in [5.74, 6) is 1.39. The maximum atomic E-state index is 11.2. The van der Waals surface area contributed by atoms with Gasteiger partial charge in [0.2, 0.25) is 0 Å². The highest BCUT2D eigenvalue weighted by molar-refractivity contribution is 7.98. The van der Waals surface area contributed by atoms with Gasteiger partial charge in [-0.3, -0.25) is 4.57 Å². The zero-order valence-electron chi connectivity index (χ0n) is 10.1. The number of nitrogens with one attached hydrogen (secondary N) is 1. The molecule has 0 bridgehead atoms. The first-order valence-electron chi connectivity index (χ1n) is 5.28. The molecule has 96 valence electrons. The van der Waals surface area contributed by atoms with Gasteiger partial charge in [-0.25, -0.2) is 9.89 Å². The molecule has 6 nitrogen and oxygen atoms in total. The summed E-state index contributed by atoms with van der Waals surface area (Å²) < 4.78 is 6.62. The Bertz CT molecular complexity index is 605. The standard InChI is InChI=1S/C11H14N4O2S/c1-15-10(16)13-14-11(15)18-6-7-3-8(12)5-9(4-7)17-2/h3-5H,6,12H2,1-2H3,(H,13,16). The fourth-order valence-electron chi connectivity index (χ4n) is 1.50. The maximum Gasteiger partial charge on any atom is 0.343 e. The van der Waals surface area contributed by atoms with Crippen molar-refractivity contribution in [2.24, 2.45) is 7.05 Å². The van der Waals surface area contributed by atoms with E-state index in [9.17, 15) is 4.79 Å². The zero-order chi connectivity index (χ0) is 13.1. The second-order valence-electron chi connectivity index (χ2n) is 3.77. The third-order valence-electron chi connectivity index (χ3n) is 2.43. The first-order chi connectivity index (χ1) is 8.60. The Morgan fingerprint density at radius 3 is 2.89 bits per heavy atom. The lowest BCUT2D eigenvalue weighted by atomic mass is 10.2. The van der Waals surface area contributed by atoms with Gasteiger partial charge in [-0.2, -0.15) is 0 Å². The van der Waals surface area contributed by atoms with Gasteiger partial charge in [0, 0.05) is 24.6 Å². The Kier molecular flexibility index (Phi) is 3.61. The Morgan fingerprint density at radius 1 is 1.50 bits per heavy atom. The summed E-state index contributed by atoms with van der Waals surface area (Å²) in [5.41, 5.74) is 7.23. The van der Waals surface area contributed by atoms with Crippen LogP contribution in [0, 0.1) is 0 Å². The van der Waals surface area contributed by atoms with Crippen molar-refractivity contribution in [3.05, 3.63) is 34.2 Å². The van der Waals surface area contributed by atoms with Gasteiger partial charge in [-0.15, -0.1) is 5.10 Å². The number of anilines is 1. The summed E-state index contributed by atoms with van der Waals surface area (Å²) in [5, 5.41) is 6.96. The molecule has 7 heteroatoms. The lowest BCUT2D eigenvalue weighted by molar-refractivity contribution is 0.414. The topological polar surface area (TPSA) is 85.9 Å². The predicted molar refractivity (Wildman–Crippen MR) is 70.8 cm³/mol. The summed E-state index contributed by atoms with van der Waals surface area (Å²) in [6.45, 7) is 0. The fourth-order valence-corrected chi connectivity index (χ4v) is 2.35. The van der Waals surface area contributed by atoms with Crippen molar-refractivity contribution >= 4 is 17.4 Å². The van der Waals surface area contributed by atoms with Crippen molar-refractivity contribution in [1.82, 2.24) is 14.8 Å². The molecule has 2 aromatic rings. The molecule has 0 radical (unpaired) electrons. The molecule has 0 fully saturated rings. The van der Waals surface area contributed by atoms with Crippen molar-refractivity contribution in [3.8, 4) is 5.75 Å². The van der Waals surface area contributed by atoms with E-state index in [1.807, 2.05) is 12.1 Å². The van der Waals surface area contributed by atoms with E-state index >= 15 is 0 Å². The highest BCUT2D eigenvalue weighted by Crippen LogP contribution is 2.24. The minimum atomic E-state index is -0.220. The molecular formula is C11H14N4O2S. The number of hydrogen-bond acceptors (Lipinski definition) is 5. The van der Waals surface area contributed by atoms with Crippen LogP contribution in [0.2, 0.25) is 0 Å². The Morgan fingerprint density at radius 2 is 2.28 bits per heavy atom. The summed E-state index contributed by atoms with van der Waals surface area (Å²) in [6.07, 6.45) is 0. The lowest BCUT2D eigenvalue weighted by Gasteiger charge is -2.06. The number of benzene rings is 1. The molecule has 2 rings (SSSR count). The molecule has 0 saturated carbocycles. The summed E-state index contributed by atoms with van der Waals surface area (Å²) >= 11 is 1.46. The van der Waals surface area contributed by atoms with Gasteiger partial charge in [0.15, 0.2) is 5.16 Å². The van der Waals surface area contributed by atoms with E-state index in [0.717, 1.165) is 11.3 Å². The smallest absolute Gasteiger partial charge is 0.343 e. The third-order valence-corrected chi connectivity index (χ3v) is 3.53. The van der Waals surface area contributed by atoms with Crippen LogP contribution in [0.5, 0.6) is 5.75 Å². The van der Waals surface area contributed by atoms with Crippen molar-refractivity contribution in [3.63, 3.8) is 0 Å². The number of hydrogen-bond donors (Lipinski definition) is 2. The molecule has 1 aromatic carbocycles. The molecule has 1 aromatic heterocycles. The second kappa shape index (κ2) is 5.18. The van der Waals surface area contributed by atoms with Gasteiger partial charge in [-0.1, -0.05) is 11.8 Å². The number of aromatic amines is 1. The first kappa shape index (κ1) is 12.6. The first-order valence-corrected chi connectivity index (χ1v) is 6.26. The maximum absolute atomic E-state index is 11.2. The number of rotatable bonds is 4. The van der Waals surface area contributed by atoms with Crippen LogP contribution in [-0.4, -0.2) is 21.9 Å². The van der Waals surface area contributed by atoms with Crippen LogP contribution in [0.25, 0.3) is 0 Å². The normalized spacial score (nSPS) is 10.6. The van der Waals surface area contributed by atoms with Crippen molar-refractivity contribution in [2.45, 2.75) is 10.9 Å². The van der Waals surface area contributed by atoms with Crippen molar-refractivity contribution in [2.75, 3.05) is 12.8 Å². The highest BCUT2D eigenvalue weighted by atomic mass is 32.2. The number of H-pyrrole nitrogens is 1. The van der Waals surface area contributed by atoms with E-state index in [0.29, 0.717) is 16.6 Å². The Hall–Kier alpha value is -1.89. The van der Waals surface area contributed by atoms with Gasteiger partial charge < -0.3 is 10.5 Å². The van der Waals surface area contributed by atoms with Crippen LogP contribution in [0.4, 0.5) is 5.69 Å². The second-order valence-corrected chi connectivity index (χ2v) is 4.72. The van der Waals surface area contributed by atoms with Gasteiger partial charge in [0.05, 0.1) is 7.11 Å². The number of nitrogen functional groups attached to an aromatic ring is 1. The van der Waals surface area contributed by atoms with Crippen molar-refractivity contribution < 1.29 is 4.74 Å². The van der Waals surface area contributed by atoms with Gasteiger partial charge >= 0.3 is 5.69 Å². The van der Waals surface area contributed by atoms with Crippen LogP contribution in [0.3, 0.4) is 0 Å². The molecule has 0 aliphatic heterocycles. The monoisotopic (exact) mass is 266 g/mol. The molecular weight excluding hydrogens is 252 g/mol. The van der Waals surface area contributed by atoms with E-state index in [1.54, 1.807) is 20.2 Å². The molecule has 0 saturated heterocycles. The van der Waals surface area contributed by atoms with Crippen LogP contribution in [0.1, 0.15) is 5.56 Å². The molecule has 0 aliphatic rings. The van der Waals surface area contributed by atoms with E-state index < -0.39 is 0 Å². The van der Waals surface area contributed by atoms with E-state index in [-0.39, 0.29) is 5.69 Å². The molecule has 1 heterocycles. The third kappa shape index (κ3) is 2.67. The van der Waals surface area contributed by atoms with Gasteiger partial charge in [0.1, 0.15) is 5.75 Å². The number of thioether (sulfide) groups is 1. The number of nitrogens with two attached hydrogens (primary N) is 1. The highest BCUT2D eigenvalue weighted by Gasteiger charge is 2.06. The van der Waals surface area contributed by atoms with E-state index in [2.05, 4.69) is 10.2 Å². The molecule has 3 N–H and O–H groups in total. The van der Waals surface area contributed by atoms with Crippen LogP contribution >= 0.6 is 11.8 Å².